The van der Waals surface area contributed by atoms with Crippen LogP contribution in [0.25, 0.3) is 0 Å². The Kier molecular flexibility index (Phi) is 4.59. The van der Waals surface area contributed by atoms with Crippen LogP contribution < -0.4 is 11.1 Å². The molecule has 1 aromatic rings. The number of primary amides is 1. The number of hydrogen-bond donors (Lipinski definition) is 2. The van der Waals surface area contributed by atoms with Crippen molar-refractivity contribution in [3.63, 3.8) is 0 Å². The predicted molar refractivity (Wildman–Crippen MR) is 78.2 cm³/mol. The summed E-state index contributed by atoms with van der Waals surface area (Å²) in [4.78, 5) is 23.2. The predicted octanol–water partition coefficient (Wildman–Crippen LogP) is 0.150. The lowest BCUT2D eigenvalue weighted by molar-refractivity contribution is -0.116. The zero-order valence-corrected chi connectivity index (χ0v) is 12.2. The lowest BCUT2D eigenvalue weighted by atomic mass is 10.1. The van der Waals surface area contributed by atoms with E-state index in [2.05, 4.69) is 5.32 Å². The molecule has 1 aliphatic rings. The van der Waals surface area contributed by atoms with Gasteiger partial charge in [-0.3, -0.25) is 9.59 Å². The molecule has 114 valence electrons. The van der Waals surface area contributed by atoms with Crippen molar-refractivity contribution in [1.29, 1.82) is 0 Å². The Labute approximate surface area is 123 Å². The van der Waals surface area contributed by atoms with E-state index in [1.54, 1.807) is 18.2 Å². The van der Waals surface area contributed by atoms with Crippen LogP contribution in [0.3, 0.4) is 0 Å². The third-order valence-corrected chi connectivity index (χ3v) is 5.14. The number of carbonyl (C=O) groups excluding carboxylic acids is 2. The van der Waals surface area contributed by atoms with Crippen LogP contribution in [0.1, 0.15) is 23.2 Å². The zero-order valence-electron chi connectivity index (χ0n) is 11.4. The first-order valence-corrected chi connectivity index (χ1v) is 8.17. The van der Waals surface area contributed by atoms with Crippen LogP contribution >= 0.6 is 0 Å². The summed E-state index contributed by atoms with van der Waals surface area (Å²) in [6.45, 7) is 0.0860. The van der Waals surface area contributed by atoms with Gasteiger partial charge in [0.15, 0.2) is 0 Å². The number of benzene rings is 1. The van der Waals surface area contributed by atoms with Crippen molar-refractivity contribution in [1.82, 2.24) is 4.31 Å². The summed E-state index contributed by atoms with van der Waals surface area (Å²) in [5.41, 5.74) is 5.69. The number of nitrogens with zero attached hydrogens (tertiary/aromatic N) is 1. The molecular formula is C13H17N3O4S. The van der Waals surface area contributed by atoms with Gasteiger partial charge in [0.1, 0.15) is 0 Å². The number of nitrogens with two attached hydrogens (primary N) is 1. The van der Waals surface area contributed by atoms with Crippen LogP contribution in [0, 0.1) is 0 Å². The molecule has 2 amide bonds. The molecule has 0 spiro atoms. The Morgan fingerprint density at radius 2 is 1.95 bits per heavy atom. The van der Waals surface area contributed by atoms with E-state index in [0.717, 1.165) is 6.42 Å². The molecule has 0 bridgehead atoms. The van der Waals surface area contributed by atoms with E-state index in [0.29, 0.717) is 13.0 Å². The smallest absolute Gasteiger partial charge is 0.250 e. The van der Waals surface area contributed by atoms with E-state index in [9.17, 15) is 18.0 Å². The van der Waals surface area contributed by atoms with Gasteiger partial charge in [0.2, 0.25) is 15.9 Å². The van der Waals surface area contributed by atoms with Gasteiger partial charge in [-0.1, -0.05) is 12.1 Å². The molecule has 8 heteroatoms. The van der Waals surface area contributed by atoms with Crippen LogP contribution in [-0.4, -0.2) is 43.4 Å². The summed E-state index contributed by atoms with van der Waals surface area (Å²) in [7, 11) is -3.36. The molecule has 0 radical (unpaired) electrons. The Hall–Kier alpha value is -1.93. The minimum absolute atomic E-state index is 0.0676. The van der Waals surface area contributed by atoms with Gasteiger partial charge in [0.05, 0.1) is 23.5 Å². The van der Waals surface area contributed by atoms with E-state index >= 15 is 0 Å². The zero-order chi connectivity index (χ0) is 15.5. The lowest BCUT2D eigenvalue weighted by Gasteiger charge is -2.25. The van der Waals surface area contributed by atoms with E-state index in [1.165, 1.54) is 10.4 Å². The van der Waals surface area contributed by atoms with Crippen molar-refractivity contribution in [3.05, 3.63) is 29.8 Å². The van der Waals surface area contributed by atoms with Crippen LogP contribution in [0.15, 0.2) is 24.3 Å². The molecule has 3 N–H and O–H groups in total. The monoisotopic (exact) mass is 311 g/mol. The molecule has 21 heavy (non-hydrogen) atoms. The SMILES string of the molecule is NC(=O)c1ccccc1NC(=O)CN1CCCCS1(=O)=O. The molecule has 0 atom stereocenters. The maximum atomic E-state index is 12.0. The van der Waals surface area contributed by atoms with Crippen LogP contribution in [0.2, 0.25) is 0 Å². The summed E-state index contributed by atoms with van der Waals surface area (Å²) in [5.74, 6) is -1.08. The first-order chi connectivity index (χ1) is 9.90. The third-order valence-electron chi connectivity index (χ3n) is 3.24. The quantitative estimate of drug-likeness (QED) is 0.824. The molecule has 0 aliphatic carbocycles. The fourth-order valence-electron chi connectivity index (χ4n) is 2.18. The second-order valence-electron chi connectivity index (χ2n) is 4.81. The number of para-hydroxylation sites is 1. The van der Waals surface area contributed by atoms with Crippen LogP contribution in [0.4, 0.5) is 5.69 Å². The van der Waals surface area contributed by atoms with Crippen LogP contribution in [-0.2, 0) is 14.8 Å². The van der Waals surface area contributed by atoms with Gasteiger partial charge in [-0.2, -0.15) is 4.31 Å². The molecule has 0 saturated carbocycles. The maximum Gasteiger partial charge on any atom is 0.250 e. The van der Waals surface area contributed by atoms with E-state index < -0.39 is 21.8 Å². The minimum atomic E-state index is -3.36. The molecule has 1 fully saturated rings. The molecule has 1 heterocycles. The summed E-state index contributed by atoms with van der Waals surface area (Å²) in [5, 5.41) is 2.53. The number of sulfonamides is 1. The van der Waals surface area contributed by atoms with E-state index in [4.69, 9.17) is 5.73 Å². The Morgan fingerprint density at radius 1 is 1.24 bits per heavy atom. The molecule has 7 nitrogen and oxygen atoms in total. The van der Waals surface area contributed by atoms with Gasteiger partial charge in [-0.25, -0.2) is 8.42 Å². The average molecular weight is 311 g/mol. The summed E-state index contributed by atoms with van der Waals surface area (Å²) in [6, 6.07) is 6.32. The second-order valence-corrected chi connectivity index (χ2v) is 6.90. The van der Waals surface area contributed by atoms with Crippen molar-refractivity contribution in [2.75, 3.05) is 24.2 Å². The molecular weight excluding hydrogens is 294 g/mol. The van der Waals surface area contributed by atoms with Crippen molar-refractivity contribution in [2.24, 2.45) is 5.73 Å². The maximum absolute atomic E-state index is 12.0. The summed E-state index contributed by atoms with van der Waals surface area (Å²) < 4.78 is 24.8. The van der Waals surface area contributed by atoms with Gasteiger partial charge >= 0.3 is 0 Å². The number of hydrogen-bond acceptors (Lipinski definition) is 4. The lowest BCUT2D eigenvalue weighted by Crippen LogP contribution is -2.42. The van der Waals surface area contributed by atoms with Crippen molar-refractivity contribution < 1.29 is 18.0 Å². The summed E-state index contributed by atoms with van der Waals surface area (Å²) >= 11 is 0. The van der Waals surface area contributed by atoms with Crippen molar-refractivity contribution in [3.8, 4) is 0 Å². The summed E-state index contributed by atoms with van der Waals surface area (Å²) in [6.07, 6.45) is 1.36. The van der Waals surface area contributed by atoms with Gasteiger partial charge in [0.25, 0.3) is 5.91 Å². The number of nitrogens with one attached hydrogen (secondary N) is 1. The molecule has 1 aliphatic heterocycles. The Morgan fingerprint density at radius 3 is 2.62 bits per heavy atom. The first kappa shape index (κ1) is 15.5. The number of anilines is 1. The van der Waals surface area contributed by atoms with Gasteiger partial charge < -0.3 is 11.1 Å². The van der Waals surface area contributed by atoms with Crippen molar-refractivity contribution >= 4 is 27.5 Å². The minimum Gasteiger partial charge on any atom is -0.366 e. The standard InChI is InChI=1S/C13H17N3O4S/c14-13(18)10-5-1-2-6-11(10)15-12(17)9-16-7-3-4-8-21(16,19)20/h1-2,5-6H,3-4,7-9H2,(H2,14,18)(H,15,17). The van der Waals surface area contributed by atoms with Gasteiger partial charge in [-0.15, -0.1) is 0 Å². The van der Waals surface area contributed by atoms with Crippen LogP contribution in [0.5, 0.6) is 0 Å². The highest BCUT2D eigenvalue weighted by molar-refractivity contribution is 7.89. The molecule has 2 rings (SSSR count). The van der Waals surface area contributed by atoms with E-state index in [-0.39, 0.29) is 23.5 Å². The molecule has 1 saturated heterocycles. The number of carbonyl (C=O) groups is 2. The van der Waals surface area contributed by atoms with Crippen molar-refractivity contribution in [2.45, 2.75) is 12.8 Å². The largest absolute Gasteiger partial charge is 0.366 e. The number of amides is 2. The van der Waals surface area contributed by atoms with Gasteiger partial charge in [-0.05, 0) is 25.0 Å². The van der Waals surface area contributed by atoms with Gasteiger partial charge in [0, 0.05) is 6.54 Å². The first-order valence-electron chi connectivity index (χ1n) is 6.56. The topological polar surface area (TPSA) is 110 Å². The highest BCUT2D eigenvalue weighted by Gasteiger charge is 2.27. The average Bonchev–Trinajstić information content (AvgIpc) is 2.41. The third kappa shape index (κ3) is 3.79. The fraction of sp³-hybridized carbons (Fsp3) is 0.385. The molecule has 0 aromatic heterocycles. The highest BCUT2D eigenvalue weighted by atomic mass is 32.2. The normalized spacial score (nSPS) is 18.1. The molecule has 1 aromatic carbocycles. The number of rotatable bonds is 4. The molecule has 0 unspecified atom stereocenters. The fourth-order valence-corrected chi connectivity index (χ4v) is 3.72. The second kappa shape index (κ2) is 6.23. The Bertz CT molecular complexity index is 657. The highest BCUT2D eigenvalue weighted by Crippen LogP contribution is 2.16. The van der Waals surface area contributed by atoms with E-state index in [1.807, 2.05) is 0 Å². The Balaban J connectivity index is 2.07.